The van der Waals surface area contributed by atoms with Crippen LogP contribution in [0.25, 0.3) is 0 Å². The summed E-state index contributed by atoms with van der Waals surface area (Å²) in [6, 6.07) is 7.09. The lowest BCUT2D eigenvalue weighted by Gasteiger charge is -2.12. The van der Waals surface area contributed by atoms with Crippen molar-refractivity contribution >= 4 is 0 Å². The molecule has 19 heavy (non-hydrogen) atoms. The summed E-state index contributed by atoms with van der Waals surface area (Å²) >= 11 is 0. The van der Waals surface area contributed by atoms with E-state index in [0.717, 1.165) is 25.1 Å². The predicted molar refractivity (Wildman–Crippen MR) is 74.4 cm³/mol. The zero-order valence-electron chi connectivity index (χ0n) is 11.4. The van der Waals surface area contributed by atoms with Gasteiger partial charge in [0.25, 0.3) is 0 Å². The van der Waals surface area contributed by atoms with Crippen molar-refractivity contribution in [3.05, 3.63) is 53.9 Å². The number of imidazole rings is 1. The second-order valence-electron chi connectivity index (χ2n) is 4.94. The third-order valence-corrected chi connectivity index (χ3v) is 3.11. The van der Waals surface area contributed by atoms with Crippen molar-refractivity contribution in [1.29, 1.82) is 0 Å². The Morgan fingerprint density at radius 3 is 2.68 bits per heavy atom. The van der Waals surface area contributed by atoms with Crippen LogP contribution in [0.1, 0.15) is 31.1 Å². The van der Waals surface area contributed by atoms with Crippen LogP contribution < -0.4 is 5.32 Å². The Hall–Kier alpha value is -1.68. The summed E-state index contributed by atoms with van der Waals surface area (Å²) < 4.78 is 14.9. The second-order valence-corrected chi connectivity index (χ2v) is 4.94. The molecule has 0 saturated carbocycles. The molecule has 0 spiro atoms. The summed E-state index contributed by atoms with van der Waals surface area (Å²) in [6.45, 7) is 5.96. The maximum Gasteiger partial charge on any atom is 0.123 e. The fourth-order valence-electron chi connectivity index (χ4n) is 2.03. The van der Waals surface area contributed by atoms with Gasteiger partial charge in [-0.3, -0.25) is 0 Å². The summed E-state index contributed by atoms with van der Waals surface area (Å²) in [4.78, 5) is 4.17. The van der Waals surface area contributed by atoms with Crippen LogP contribution in [0.15, 0.2) is 36.8 Å². The van der Waals surface area contributed by atoms with Gasteiger partial charge in [-0.1, -0.05) is 12.1 Å². The minimum atomic E-state index is -0.183. The van der Waals surface area contributed by atoms with Gasteiger partial charge >= 0.3 is 0 Å². The van der Waals surface area contributed by atoms with Crippen molar-refractivity contribution in [2.45, 2.75) is 32.9 Å². The van der Waals surface area contributed by atoms with E-state index in [1.807, 2.05) is 24.7 Å². The third-order valence-electron chi connectivity index (χ3n) is 3.11. The molecule has 0 saturated heterocycles. The van der Waals surface area contributed by atoms with Crippen LogP contribution in [0, 0.1) is 5.82 Å². The lowest BCUT2D eigenvalue weighted by molar-refractivity contribution is 0.551. The van der Waals surface area contributed by atoms with Gasteiger partial charge < -0.3 is 9.88 Å². The fraction of sp³-hybridized carbons (Fsp3) is 0.400. The first kappa shape index (κ1) is 13.7. The van der Waals surface area contributed by atoms with Crippen molar-refractivity contribution in [2.75, 3.05) is 6.54 Å². The fourth-order valence-corrected chi connectivity index (χ4v) is 2.03. The standard InChI is InChI=1S/C15H20FN3/c1-12(2)19-11-18-10-15(19)9-17-8-7-13-3-5-14(16)6-4-13/h3-6,10-12,17H,7-9H2,1-2H3. The number of nitrogens with zero attached hydrogens (tertiary/aromatic N) is 2. The van der Waals surface area contributed by atoms with Crippen LogP contribution >= 0.6 is 0 Å². The van der Waals surface area contributed by atoms with E-state index in [2.05, 4.69) is 28.7 Å². The number of aromatic nitrogens is 2. The molecule has 0 amide bonds. The molecule has 0 atom stereocenters. The van der Waals surface area contributed by atoms with Gasteiger partial charge in [0, 0.05) is 18.8 Å². The molecule has 0 unspecified atom stereocenters. The van der Waals surface area contributed by atoms with E-state index in [9.17, 15) is 4.39 Å². The van der Waals surface area contributed by atoms with Gasteiger partial charge in [-0.15, -0.1) is 0 Å². The highest BCUT2D eigenvalue weighted by Gasteiger charge is 2.04. The molecule has 2 rings (SSSR count). The number of nitrogens with one attached hydrogen (secondary N) is 1. The average Bonchev–Trinajstić information content (AvgIpc) is 2.85. The lowest BCUT2D eigenvalue weighted by atomic mass is 10.1. The van der Waals surface area contributed by atoms with Crippen LogP contribution in [0.4, 0.5) is 4.39 Å². The molecule has 1 aromatic carbocycles. The first-order chi connectivity index (χ1) is 9.16. The zero-order valence-corrected chi connectivity index (χ0v) is 11.4. The highest BCUT2D eigenvalue weighted by atomic mass is 19.1. The van der Waals surface area contributed by atoms with E-state index in [4.69, 9.17) is 0 Å². The molecule has 2 aromatic rings. The monoisotopic (exact) mass is 261 g/mol. The van der Waals surface area contributed by atoms with Crippen LogP contribution in [-0.4, -0.2) is 16.1 Å². The largest absolute Gasteiger partial charge is 0.331 e. The zero-order chi connectivity index (χ0) is 13.7. The molecular formula is C15H20FN3. The molecule has 1 N–H and O–H groups in total. The van der Waals surface area contributed by atoms with Crippen molar-refractivity contribution in [3.8, 4) is 0 Å². The van der Waals surface area contributed by atoms with Crippen molar-refractivity contribution in [3.63, 3.8) is 0 Å². The van der Waals surface area contributed by atoms with E-state index < -0.39 is 0 Å². The molecule has 0 aliphatic heterocycles. The Balaban J connectivity index is 1.77. The maximum atomic E-state index is 12.8. The van der Waals surface area contributed by atoms with Crippen molar-refractivity contribution < 1.29 is 4.39 Å². The van der Waals surface area contributed by atoms with E-state index in [1.165, 1.54) is 17.8 Å². The molecule has 1 aromatic heterocycles. The van der Waals surface area contributed by atoms with Crippen molar-refractivity contribution in [2.24, 2.45) is 0 Å². The number of hydrogen-bond acceptors (Lipinski definition) is 2. The minimum Gasteiger partial charge on any atom is -0.331 e. The van der Waals surface area contributed by atoms with Gasteiger partial charge in [0.1, 0.15) is 5.82 Å². The van der Waals surface area contributed by atoms with E-state index in [1.54, 1.807) is 0 Å². The molecule has 0 fully saturated rings. The Labute approximate surface area is 113 Å². The van der Waals surface area contributed by atoms with Crippen LogP contribution in [0.3, 0.4) is 0 Å². The molecule has 4 heteroatoms. The molecule has 102 valence electrons. The number of rotatable bonds is 6. The molecule has 3 nitrogen and oxygen atoms in total. The Morgan fingerprint density at radius 2 is 2.00 bits per heavy atom. The molecule has 0 aliphatic carbocycles. The van der Waals surface area contributed by atoms with Gasteiger partial charge in [-0.2, -0.15) is 0 Å². The molecule has 0 aliphatic rings. The minimum absolute atomic E-state index is 0.183. The summed E-state index contributed by atoms with van der Waals surface area (Å²) in [7, 11) is 0. The lowest BCUT2D eigenvalue weighted by Crippen LogP contribution is -2.19. The SMILES string of the molecule is CC(C)n1cncc1CNCCc1ccc(F)cc1. The van der Waals surface area contributed by atoms with Gasteiger partial charge in [-0.05, 0) is 44.5 Å². The highest BCUT2D eigenvalue weighted by molar-refractivity contribution is 5.16. The van der Waals surface area contributed by atoms with Crippen LogP contribution in [0.2, 0.25) is 0 Å². The Bertz CT molecular complexity index is 502. The molecular weight excluding hydrogens is 241 g/mol. The first-order valence-electron chi connectivity index (χ1n) is 6.62. The topological polar surface area (TPSA) is 29.9 Å². The van der Waals surface area contributed by atoms with Crippen LogP contribution in [-0.2, 0) is 13.0 Å². The second kappa shape index (κ2) is 6.48. The normalized spacial score (nSPS) is 11.2. The quantitative estimate of drug-likeness (QED) is 0.810. The summed E-state index contributed by atoms with van der Waals surface area (Å²) in [5, 5.41) is 3.39. The van der Waals surface area contributed by atoms with Gasteiger partial charge in [0.15, 0.2) is 0 Å². The predicted octanol–water partition coefficient (Wildman–Crippen LogP) is 2.94. The Morgan fingerprint density at radius 1 is 1.26 bits per heavy atom. The third kappa shape index (κ3) is 3.89. The van der Waals surface area contributed by atoms with Gasteiger partial charge in [0.05, 0.1) is 12.0 Å². The van der Waals surface area contributed by atoms with E-state index >= 15 is 0 Å². The number of halogens is 1. The number of benzene rings is 1. The van der Waals surface area contributed by atoms with E-state index in [0.29, 0.717) is 6.04 Å². The molecule has 0 bridgehead atoms. The summed E-state index contributed by atoms with van der Waals surface area (Å²) in [5.74, 6) is -0.183. The molecule has 0 radical (unpaired) electrons. The maximum absolute atomic E-state index is 12.8. The summed E-state index contributed by atoms with van der Waals surface area (Å²) in [5.41, 5.74) is 2.33. The van der Waals surface area contributed by atoms with Gasteiger partial charge in [0.2, 0.25) is 0 Å². The van der Waals surface area contributed by atoms with Gasteiger partial charge in [-0.25, -0.2) is 9.37 Å². The Kier molecular flexibility index (Phi) is 4.68. The molecule has 1 heterocycles. The smallest absolute Gasteiger partial charge is 0.123 e. The first-order valence-corrected chi connectivity index (χ1v) is 6.62. The highest BCUT2D eigenvalue weighted by Crippen LogP contribution is 2.08. The summed E-state index contributed by atoms with van der Waals surface area (Å²) in [6.07, 6.45) is 4.66. The van der Waals surface area contributed by atoms with Crippen LogP contribution in [0.5, 0.6) is 0 Å². The average molecular weight is 261 g/mol. The van der Waals surface area contributed by atoms with E-state index in [-0.39, 0.29) is 5.82 Å². The van der Waals surface area contributed by atoms with Crippen molar-refractivity contribution in [1.82, 2.24) is 14.9 Å². The number of hydrogen-bond donors (Lipinski definition) is 1.